The quantitative estimate of drug-likeness (QED) is 0.120. The summed E-state index contributed by atoms with van der Waals surface area (Å²) >= 11 is 0. The fourth-order valence-electron chi connectivity index (χ4n) is 3.11. The van der Waals surface area contributed by atoms with Crippen molar-refractivity contribution >= 4 is 18.4 Å². The second kappa shape index (κ2) is 40.0. The maximum Gasteiger partial charge on any atom is 2.00 e. The van der Waals surface area contributed by atoms with Crippen molar-refractivity contribution in [3.8, 4) is 0 Å². The zero-order chi connectivity index (χ0) is 48.4. The first-order valence-electron chi connectivity index (χ1n) is 23.1. The van der Waals surface area contributed by atoms with E-state index in [0.29, 0.717) is 29.0 Å². The average Bonchev–Trinajstić information content (AvgIpc) is 3.88. The maximum absolute atomic E-state index is 12.9. The van der Waals surface area contributed by atoms with Gasteiger partial charge in [-0.15, -0.1) is 0 Å². The number of nitrogens with one attached hydrogen (secondary N) is 1. The van der Waals surface area contributed by atoms with Gasteiger partial charge in [0.25, 0.3) is 5.92 Å². The number of allylic oxidation sites excluding steroid dienone is 2. The molecular formula is C52H112BF3NO4SW. The van der Waals surface area contributed by atoms with Gasteiger partial charge in [0, 0.05) is 20.4 Å². The summed E-state index contributed by atoms with van der Waals surface area (Å²) in [5.41, 5.74) is 0.773. The summed E-state index contributed by atoms with van der Waals surface area (Å²) in [4.78, 5) is 0. The molecule has 2 fully saturated rings. The Hall–Kier alpha value is 0.113. The molecule has 63 heavy (non-hydrogen) atoms. The monoisotopic (exact) mass is 1100 g/mol. The van der Waals surface area contributed by atoms with Crippen molar-refractivity contribution in [1.29, 1.82) is 0 Å². The minimum absolute atomic E-state index is 0. The van der Waals surface area contributed by atoms with Gasteiger partial charge in [-0.05, 0) is 128 Å². The molecule has 0 aromatic rings. The van der Waals surface area contributed by atoms with Crippen molar-refractivity contribution in [3.63, 3.8) is 0 Å². The van der Waals surface area contributed by atoms with E-state index in [9.17, 15) is 21.6 Å². The number of halogens is 3. The van der Waals surface area contributed by atoms with Gasteiger partial charge >= 0.3 is 21.1 Å². The van der Waals surface area contributed by atoms with Crippen LogP contribution in [0.2, 0.25) is 0 Å². The summed E-state index contributed by atoms with van der Waals surface area (Å²) in [6.07, 6.45) is 10.5. The molecule has 2 aliphatic rings. The molecule has 2 aliphatic carbocycles. The first-order chi connectivity index (χ1) is 26.1. The molecule has 2 saturated carbocycles. The summed E-state index contributed by atoms with van der Waals surface area (Å²) in [6.45, 7) is 53.7. The van der Waals surface area contributed by atoms with Crippen LogP contribution in [0, 0.1) is 55.3 Å². The molecule has 2 atom stereocenters. The molecule has 11 heteroatoms. The Morgan fingerprint density at radius 2 is 0.889 bits per heavy atom. The molecule has 0 bridgehead atoms. The van der Waals surface area contributed by atoms with Gasteiger partial charge in [-0.1, -0.05) is 144 Å². The molecule has 385 valence electrons. The van der Waals surface area contributed by atoms with Gasteiger partial charge in [-0.25, -0.2) is 21.9 Å². The molecule has 5 nitrogen and oxygen atoms in total. The van der Waals surface area contributed by atoms with E-state index in [2.05, 4.69) is 129 Å². The number of hydrogen-bond donors (Lipinski definition) is 1. The number of hydrogen-bond acceptors (Lipinski definition) is 4. The number of ether oxygens (including phenoxy) is 2. The summed E-state index contributed by atoms with van der Waals surface area (Å²) < 4.78 is 73.5. The molecule has 2 rings (SSSR count). The van der Waals surface area contributed by atoms with Crippen LogP contribution < -0.4 is 4.72 Å². The van der Waals surface area contributed by atoms with E-state index in [0.717, 1.165) is 50.0 Å². The zero-order valence-corrected chi connectivity index (χ0v) is 50.9. The SMILES string of the molecule is CC(C)(C)C(C)(C)C.CC(C)(C)O[C@@H]1CC[C@H]1OC(C)(C)C.CC(C)C/C=C/C(F)(F)C(C)C.CC(C)CF.CC(C)NS(=O)(=O)C1CC1.CCC(C)C.CCC(C)C.[B].[CH3-].[CH3-].[W+2]. The summed E-state index contributed by atoms with van der Waals surface area (Å²) in [7, 11) is -2.94. The van der Waals surface area contributed by atoms with Crippen LogP contribution in [0.15, 0.2) is 12.2 Å². The molecule has 1 N–H and O–H groups in total. The third kappa shape index (κ3) is 60.1. The van der Waals surface area contributed by atoms with Crippen molar-refractivity contribution < 1.29 is 52.1 Å². The van der Waals surface area contributed by atoms with Crippen LogP contribution in [0.3, 0.4) is 0 Å². The topological polar surface area (TPSA) is 64.6 Å². The predicted molar refractivity (Wildman–Crippen MR) is 276 cm³/mol. The number of rotatable bonds is 12. The zero-order valence-electron chi connectivity index (χ0n) is 47.2. The maximum atomic E-state index is 12.9. The Kier molecular flexibility index (Phi) is 52.9. The molecule has 0 aromatic carbocycles. The van der Waals surface area contributed by atoms with Gasteiger partial charge in [0.2, 0.25) is 10.0 Å². The predicted octanol–water partition coefficient (Wildman–Crippen LogP) is 16.8. The minimum Gasteiger partial charge on any atom is -0.370 e. The molecule has 3 radical (unpaired) electrons. The molecule has 0 aromatic heterocycles. The normalized spacial score (nSPS) is 16.2. The van der Waals surface area contributed by atoms with E-state index < -0.39 is 21.9 Å². The first kappa shape index (κ1) is 83.2. The van der Waals surface area contributed by atoms with E-state index >= 15 is 0 Å². The summed E-state index contributed by atoms with van der Waals surface area (Å²) in [5.74, 6) is -0.820. The standard InChI is InChI=1S/C12H24O2.C10H18F2.C8H18.C6H13NO2S.2C5H12.C4H9F.2CH3.B.W/c1-11(2,3)13-9-7-8-10(9)14-12(4,5)6;1-8(2)6-5-7-10(11,12)9(3)4;1-7(2,3)8(4,5)6;1-5(2)7-10(8,9)6-3-4-6;2*1-4-5(2)3;1-4(2)3-5;;;;/h9-10H,7-8H2,1-6H3;5,7-9H,6H2,1-4H3;1-6H3;5-7H,3-4H2,1-2H3;2*5H,4H2,1-3H3;4H,3H2,1-2H3;2*1H3;;/q;;;;;;;2*-1;;+2/b;7-5+;;;;;;;;;/t9-,10-;;;;;;;;;;/m1........../s1. The van der Waals surface area contributed by atoms with E-state index in [1.54, 1.807) is 6.08 Å². The Balaban J connectivity index is -0.0000000790. The molecule has 0 unspecified atom stereocenters. The Labute approximate surface area is 412 Å². The second-order valence-electron chi connectivity index (χ2n) is 22.6. The Morgan fingerprint density at radius 3 is 1.03 bits per heavy atom. The van der Waals surface area contributed by atoms with Crippen LogP contribution in [0.25, 0.3) is 0 Å². The van der Waals surface area contributed by atoms with Crippen LogP contribution in [0.5, 0.6) is 0 Å². The summed E-state index contributed by atoms with van der Waals surface area (Å²) in [5, 5.41) is -0.0881. The van der Waals surface area contributed by atoms with Crippen LogP contribution in [0.4, 0.5) is 13.2 Å². The van der Waals surface area contributed by atoms with Crippen LogP contribution in [0.1, 0.15) is 225 Å². The molecule has 0 heterocycles. The van der Waals surface area contributed by atoms with E-state index in [-0.39, 0.29) is 79.4 Å². The van der Waals surface area contributed by atoms with Gasteiger partial charge in [-0.3, -0.25) is 4.39 Å². The minimum atomic E-state index is -2.94. The van der Waals surface area contributed by atoms with Gasteiger partial charge in [0.15, 0.2) is 0 Å². The van der Waals surface area contributed by atoms with Gasteiger partial charge in [0.05, 0.1) is 35.3 Å². The van der Waals surface area contributed by atoms with Gasteiger partial charge in [-0.2, -0.15) is 0 Å². The van der Waals surface area contributed by atoms with Crippen molar-refractivity contribution in [2.75, 3.05) is 6.67 Å². The number of alkyl halides is 3. The van der Waals surface area contributed by atoms with Gasteiger partial charge < -0.3 is 24.3 Å². The Morgan fingerprint density at radius 1 is 0.603 bits per heavy atom. The first-order valence-corrected chi connectivity index (χ1v) is 24.6. The number of sulfonamides is 1. The second-order valence-corrected chi connectivity index (χ2v) is 24.6. The van der Waals surface area contributed by atoms with E-state index in [1.165, 1.54) is 26.7 Å². The van der Waals surface area contributed by atoms with Crippen LogP contribution >= 0.6 is 0 Å². The van der Waals surface area contributed by atoms with E-state index in [4.69, 9.17) is 9.47 Å². The van der Waals surface area contributed by atoms with Crippen molar-refractivity contribution in [2.45, 2.75) is 266 Å². The third-order valence-electron chi connectivity index (χ3n) is 9.43. The Bertz CT molecular complexity index is 1060. The fourth-order valence-corrected chi connectivity index (χ4v) is 4.72. The molecule has 0 aliphatic heterocycles. The van der Waals surface area contributed by atoms with Crippen LogP contribution in [-0.2, 0) is 40.6 Å². The third-order valence-corrected chi connectivity index (χ3v) is 11.6. The largest absolute Gasteiger partial charge is 2.00 e. The molecular weight excluding hydrogens is 986 g/mol. The van der Waals surface area contributed by atoms with Crippen molar-refractivity contribution in [2.24, 2.45) is 40.4 Å². The molecule has 0 amide bonds. The van der Waals surface area contributed by atoms with Crippen molar-refractivity contribution in [1.82, 2.24) is 4.72 Å². The molecule has 0 saturated heterocycles. The van der Waals surface area contributed by atoms with Crippen molar-refractivity contribution in [3.05, 3.63) is 27.0 Å². The summed E-state index contributed by atoms with van der Waals surface area (Å²) in [6, 6.07) is 0.0330. The smallest absolute Gasteiger partial charge is 0.370 e. The van der Waals surface area contributed by atoms with Gasteiger partial charge in [0.1, 0.15) is 0 Å². The molecule has 0 spiro atoms. The van der Waals surface area contributed by atoms with E-state index in [1.807, 2.05) is 41.5 Å². The van der Waals surface area contributed by atoms with Crippen LogP contribution in [-0.4, -0.2) is 64.1 Å². The average molecular weight is 1100 g/mol. The fraction of sp³-hybridized carbons (Fsp3) is 0.923.